The molecule has 0 unspecified atom stereocenters. The van der Waals surface area contributed by atoms with Crippen LogP contribution in [0.5, 0.6) is 0 Å². The molecule has 27 heavy (non-hydrogen) atoms. The highest BCUT2D eigenvalue weighted by Crippen LogP contribution is 2.17. The molecule has 0 spiro atoms. The molecule has 8 heteroatoms. The lowest BCUT2D eigenvalue weighted by atomic mass is 10.2. The summed E-state index contributed by atoms with van der Waals surface area (Å²) in [5, 5.41) is 14.3. The maximum atomic E-state index is 14.1. The Morgan fingerprint density at radius 2 is 2.00 bits per heavy atom. The zero-order chi connectivity index (χ0) is 19.0. The number of carbonyl (C=O) groups is 1. The van der Waals surface area contributed by atoms with Crippen LogP contribution in [0.25, 0.3) is 16.6 Å². The molecule has 0 aliphatic heterocycles. The molecule has 0 atom stereocenters. The molecule has 2 aromatic heterocycles. The third kappa shape index (κ3) is 3.08. The first-order valence-corrected chi connectivity index (χ1v) is 8.13. The molecule has 0 fully saturated rings. The monoisotopic (exact) mass is 363 g/mol. The van der Waals surface area contributed by atoms with E-state index in [9.17, 15) is 14.0 Å². The first-order valence-electron chi connectivity index (χ1n) is 8.13. The number of nitrogens with zero attached hydrogens (tertiary/aromatic N) is 3. The van der Waals surface area contributed by atoms with Gasteiger partial charge >= 0.3 is 0 Å². The van der Waals surface area contributed by atoms with Gasteiger partial charge in [-0.15, -0.1) is 0 Å². The normalized spacial score (nSPS) is 10.9. The number of nitrogens with one attached hydrogen (secondary N) is 2. The second-order valence-electron chi connectivity index (χ2n) is 5.99. The molecule has 4 rings (SSSR count). The molecule has 0 saturated carbocycles. The first-order chi connectivity index (χ1) is 13.0. The predicted octanol–water partition coefficient (Wildman–Crippen LogP) is 2.81. The van der Waals surface area contributed by atoms with E-state index >= 15 is 0 Å². The van der Waals surface area contributed by atoms with Crippen molar-refractivity contribution in [3.63, 3.8) is 0 Å². The van der Waals surface area contributed by atoms with Gasteiger partial charge in [-0.05, 0) is 37.3 Å². The van der Waals surface area contributed by atoms with Gasteiger partial charge in [0.2, 0.25) is 5.43 Å². The largest absolute Gasteiger partial charge is 0.320 e. The Morgan fingerprint density at radius 3 is 2.81 bits per heavy atom. The molecule has 0 aliphatic rings. The fourth-order valence-electron chi connectivity index (χ4n) is 2.78. The van der Waals surface area contributed by atoms with Gasteiger partial charge in [0, 0.05) is 22.8 Å². The molecule has 7 nitrogen and oxygen atoms in total. The van der Waals surface area contributed by atoms with Crippen LogP contribution >= 0.6 is 0 Å². The number of amides is 1. The Balaban J connectivity index is 1.72. The number of carbonyl (C=O) groups excluding carboxylic acids is 1. The number of aromatic nitrogens is 4. The van der Waals surface area contributed by atoms with Crippen molar-refractivity contribution in [2.24, 2.45) is 0 Å². The fourth-order valence-corrected chi connectivity index (χ4v) is 2.78. The van der Waals surface area contributed by atoms with Crippen LogP contribution in [0.15, 0.2) is 59.5 Å². The van der Waals surface area contributed by atoms with Crippen LogP contribution in [-0.2, 0) is 0 Å². The fraction of sp³-hybridized carbons (Fsp3) is 0.0526. The lowest BCUT2D eigenvalue weighted by Gasteiger charge is -2.12. The average molecular weight is 363 g/mol. The van der Waals surface area contributed by atoms with Crippen molar-refractivity contribution in [3.05, 3.63) is 82.2 Å². The number of benzene rings is 2. The van der Waals surface area contributed by atoms with Gasteiger partial charge in [0.25, 0.3) is 5.91 Å². The topological polar surface area (TPSA) is 92.7 Å². The number of aromatic amines is 1. The summed E-state index contributed by atoms with van der Waals surface area (Å²) in [5.74, 6) is -1.18. The van der Waals surface area contributed by atoms with Crippen molar-refractivity contribution < 1.29 is 9.18 Å². The van der Waals surface area contributed by atoms with Gasteiger partial charge in [-0.25, -0.2) is 9.07 Å². The lowest BCUT2D eigenvalue weighted by Crippen LogP contribution is -2.27. The SMILES string of the molecule is Cc1cc(=O)c(C(=O)Nc2ccc3[nH]ncc3c2)nn1-c1ccccc1F. The summed E-state index contributed by atoms with van der Waals surface area (Å²) in [6, 6.07) is 12.4. The molecule has 2 heterocycles. The minimum absolute atomic E-state index is 0.156. The van der Waals surface area contributed by atoms with Crippen LogP contribution in [0.3, 0.4) is 0 Å². The third-order valence-corrected chi connectivity index (χ3v) is 4.10. The average Bonchev–Trinajstić information content (AvgIpc) is 3.10. The van der Waals surface area contributed by atoms with Crippen LogP contribution in [0.2, 0.25) is 0 Å². The highest BCUT2D eigenvalue weighted by Gasteiger charge is 2.17. The summed E-state index contributed by atoms with van der Waals surface area (Å²) < 4.78 is 15.3. The van der Waals surface area contributed by atoms with Gasteiger partial charge < -0.3 is 5.32 Å². The summed E-state index contributed by atoms with van der Waals surface area (Å²) in [4.78, 5) is 24.9. The van der Waals surface area contributed by atoms with Gasteiger partial charge in [0.05, 0.1) is 11.7 Å². The number of hydrogen-bond donors (Lipinski definition) is 2. The summed E-state index contributed by atoms with van der Waals surface area (Å²) >= 11 is 0. The van der Waals surface area contributed by atoms with Crippen LogP contribution in [0.1, 0.15) is 16.2 Å². The minimum Gasteiger partial charge on any atom is -0.320 e. The van der Waals surface area contributed by atoms with E-state index in [1.165, 1.54) is 22.9 Å². The van der Waals surface area contributed by atoms with E-state index in [4.69, 9.17) is 0 Å². The van der Waals surface area contributed by atoms with E-state index in [-0.39, 0.29) is 11.4 Å². The van der Waals surface area contributed by atoms with E-state index in [1.807, 2.05) is 0 Å². The number of aryl methyl sites for hydroxylation is 1. The minimum atomic E-state index is -0.673. The first kappa shape index (κ1) is 16.6. The number of hydrogen-bond acceptors (Lipinski definition) is 4. The molecule has 134 valence electrons. The molecule has 0 bridgehead atoms. The number of halogens is 1. The number of H-pyrrole nitrogens is 1. The number of anilines is 1. The maximum absolute atomic E-state index is 14.1. The molecular weight excluding hydrogens is 349 g/mol. The van der Waals surface area contributed by atoms with Crippen molar-refractivity contribution >= 4 is 22.5 Å². The van der Waals surface area contributed by atoms with Crippen molar-refractivity contribution in [1.82, 2.24) is 20.0 Å². The van der Waals surface area contributed by atoms with E-state index in [0.29, 0.717) is 11.4 Å². The summed E-state index contributed by atoms with van der Waals surface area (Å²) in [5.41, 5.74) is 1.03. The molecule has 2 N–H and O–H groups in total. The summed E-state index contributed by atoms with van der Waals surface area (Å²) in [6.45, 7) is 1.62. The molecule has 4 aromatic rings. The quantitative estimate of drug-likeness (QED) is 0.585. The van der Waals surface area contributed by atoms with Crippen molar-refractivity contribution in [2.45, 2.75) is 6.92 Å². The van der Waals surface area contributed by atoms with Gasteiger partial charge in [-0.1, -0.05) is 12.1 Å². The lowest BCUT2D eigenvalue weighted by molar-refractivity contribution is 0.101. The number of rotatable bonds is 3. The van der Waals surface area contributed by atoms with Crippen molar-refractivity contribution in [3.8, 4) is 5.69 Å². The zero-order valence-corrected chi connectivity index (χ0v) is 14.2. The van der Waals surface area contributed by atoms with Gasteiger partial charge in [-0.2, -0.15) is 10.2 Å². The van der Waals surface area contributed by atoms with Crippen molar-refractivity contribution in [2.75, 3.05) is 5.32 Å². The van der Waals surface area contributed by atoms with Crippen LogP contribution < -0.4 is 10.7 Å². The summed E-state index contributed by atoms with van der Waals surface area (Å²) in [7, 11) is 0. The highest BCUT2D eigenvalue weighted by atomic mass is 19.1. The Bertz CT molecular complexity index is 1230. The molecule has 2 aromatic carbocycles. The van der Waals surface area contributed by atoms with Crippen LogP contribution in [-0.4, -0.2) is 25.9 Å². The van der Waals surface area contributed by atoms with Crippen LogP contribution in [0.4, 0.5) is 10.1 Å². The summed E-state index contributed by atoms with van der Waals surface area (Å²) in [6.07, 6.45) is 1.63. The van der Waals surface area contributed by atoms with Crippen molar-refractivity contribution in [1.29, 1.82) is 0 Å². The Labute approximate surface area is 152 Å². The van der Waals surface area contributed by atoms with Gasteiger partial charge in [-0.3, -0.25) is 14.7 Å². The Morgan fingerprint density at radius 1 is 1.19 bits per heavy atom. The molecule has 1 amide bonds. The van der Waals surface area contributed by atoms with E-state index < -0.39 is 17.2 Å². The van der Waals surface area contributed by atoms with E-state index in [0.717, 1.165) is 10.9 Å². The zero-order valence-electron chi connectivity index (χ0n) is 14.2. The second kappa shape index (κ2) is 6.49. The van der Waals surface area contributed by atoms with Gasteiger partial charge in [0.15, 0.2) is 5.69 Å². The van der Waals surface area contributed by atoms with Gasteiger partial charge in [0.1, 0.15) is 11.5 Å². The highest BCUT2D eigenvalue weighted by molar-refractivity contribution is 6.03. The molecule has 0 radical (unpaired) electrons. The van der Waals surface area contributed by atoms with E-state index in [2.05, 4.69) is 20.6 Å². The number of fused-ring (bicyclic) bond motifs is 1. The third-order valence-electron chi connectivity index (χ3n) is 4.10. The van der Waals surface area contributed by atoms with Crippen LogP contribution in [0, 0.1) is 12.7 Å². The molecule has 0 saturated heterocycles. The Kier molecular flexibility index (Phi) is 4.00. The maximum Gasteiger partial charge on any atom is 0.280 e. The molecule has 0 aliphatic carbocycles. The second-order valence-corrected chi connectivity index (χ2v) is 5.99. The number of para-hydroxylation sites is 1. The smallest absolute Gasteiger partial charge is 0.280 e. The van der Waals surface area contributed by atoms with E-state index in [1.54, 1.807) is 43.5 Å². The predicted molar refractivity (Wildman–Crippen MR) is 98.6 cm³/mol. The molecular formula is C19H14FN5O2. The standard InChI is InChI=1S/C19H14FN5O2/c1-11-8-17(26)18(24-25(11)16-5-3-2-4-14(16)20)19(27)22-13-6-7-15-12(9-13)10-21-23-15/h2-10H,1H3,(H,21,23)(H,22,27). The Hall–Kier alpha value is -3.81.